The van der Waals surface area contributed by atoms with Crippen LogP contribution in [0.1, 0.15) is 24.2 Å². The SMILES string of the molecule is CCOC(=O)C(C(=O)OCC)C(=O)c1cc(Cl)c(Cl)cc1[N+](=O)[O-]. The Balaban J connectivity index is 3.42. The maximum atomic E-state index is 12.6. The van der Waals surface area contributed by atoms with Crippen molar-refractivity contribution >= 4 is 46.6 Å². The second kappa shape index (κ2) is 8.60. The third-order valence-electron chi connectivity index (χ3n) is 2.81. The van der Waals surface area contributed by atoms with Crippen LogP contribution in [0.5, 0.6) is 0 Å². The van der Waals surface area contributed by atoms with E-state index in [9.17, 15) is 24.5 Å². The largest absolute Gasteiger partial charge is 0.465 e. The van der Waals surface area contributed by atoms with Gasteiger partial charge in [0.15, 0.2) is 5.78 Å². The molecule has 0 atom stereocenters. The first kappa shape index (κ1) is 19.9. The first-order chi connectivity index (χ1) is 11.2. The molecule has 8 nitrogen and oxygen atoms in total. The van der Waals surface area contributed by atoms with Crippen molar-refractivity contribution < 1.29 is 28.8 Å². The van der Waals surface area contributed by atoms with Crippen molar-refractivity contribution in [2.24, 2.45) is 5.92 Å². The number of rotatable bonds is 7. The van der Waals surface area contributed by atoms with Gasteiger partial charge in [0.25, 0.3) is 5.69 Å². The fraction of sp³-hybridized carbons (Fsp3) is 0.357. The minimum Gasteiger partial charge on any atom is -0.465 e. The molecule has 24 heavy (non-hydrogen) atoms. The molecule has 0 spiro atoms. The van der Waals surface area contributed by atoms with Gasteiger partial charge in [-0.3, -0.25) is 24.5 Å². The number of Topliss-reactive ketones (excluding diaryl/α,β-unsaturated/α-hetero) is 1. The monoisotopic (exact) mass is 377 g/mol. The fourth-order valence-corrected chi connectivity index (χ4v) is 2.12. The fourth-order valence-electron chi connectivity index (χ4n) is 1.80. The van der Waals surface area contributed by atoms with E-state index in [2.05, 4.69) is 9.47 Å². The number of halogens is 2. The van der Waals surface area contributed by atoms with Gasteiger partial charge in [-0.2, -0.15) is 0 Å². The van der Waals surface area contributed by atoms with Crippen molar-refractivity contribution in [3.63, 3.8) is 0 Å². The lowest BCUT2D eigenvalue weighted by Crippen LogP contribution is -2.35. The number of benzene rings is 1. The molecule has 10 heteroatoms. The molecule has 0 aliphatic heterocycles. The van der Waals surface area contributed by atoms with Gasteiger partial charge in [-0.15, -0.1) is 0 Å². The molecule has 0 aliphatic carbocycles. The van der Waals surface area contributed by atoms with Crippen molar-refractivity contribution in [3.05, 3.63) is 37.9 Å². The van der Waals surface area contributed by atoms with Gasteiger partial charge in [0.05, 0.1) is 33.7 Å². The van der Waals surface area contributed by atoms with Crippen molar-refractivity contribution in [2.75, 3.05) is 13.2 Å². The summed E-state index contributed by atoms with van der Waals surface area (Å²) in [6.07, 6.45) is 0. The molecule has 0 saturated heterocycles. The average molecular weight is 378 g/mol. The van der Waals surface area contributed by atoms with Crippen LogP contribution >= 0.6 is 23.2 Å². The Morgan fingerprint density at radius 3 is 1.96 bits per heavy atom. The van der Waals surface area contributed by atoms with E-state index in [4.69, 9.17) is 23.2 Å². The van der Waals surface area contributed by atoms with Crippen LogP contribution in [-0.2, 0) is 19.1 Å². The van der Waals surface area contributed by atoms with E-state index in [1.165, 1.54) is 13.8 Å². The molecule has 0 fully saturated rings. The van der Waals surface area contributed by atoms with E-state index in [1.54, 1.807) is 0 Å². The van der Waals surface area contributed by atoms with Gasteiger partial charge in [0.1, 0.15) is 0 Å². The van der Waals surface area contributed by atoms with E-state index in [-0.39, 0.29) is 23.3 Å². The second-order valence-corrected chi connectivity index (χ2v) is 5.16. The Morgan fingerprint density at radius 2 is 1.54 bits per heavy atom. The highest BCUT2D eigenvalue weighted by Crippen LogP contribution is 2.32. The summed E-state index contributed by atoms with van der Waals surface area (Å²) in [5, 5.41) is 10.8. The zero-order chi connectivity index (χ0) is 18.4. The van der Waals surface area contributed by atoms with Crippen LogP contribution in [0.25, 0.3) is 0 Å². The molecule has 130 valence electrons. The molecule has 0 unspecified atom stereocenters. The summed E-state index contributed by atoms with van der Waals surface area (Å²) in [6.45, 7) is 2.77. The van der Waals surface area contributed by atoms with Gasteiger partial charge in [-0.1, -0.05) is 23.2 Å². The summed E-state index contributed by atoms with van der Waals surface area (Å²) in [5.41, 5.74) is -1.23. The van der Waals surface area contributed by atoms with Gasteiger partial charge in [0, 0.05) is 6.07 Å². The summed E-state index contributed by atoms with van der Waals surface area (Å²) in [4.78, 5) is 46.7. The third kappa shape index (κ3) is 4.42. The molecule has 1 aromatic carbocycles. The van der Waals surface area contributed by atoms with E-state index in [0.29, 0.717) is 0 Å². The number of ketones is 1. The van der Waals surface area contributed by atoms with Crippen LogP contribution in [0.4, 0.5) is 5.69 Å². The van der Waals surface area contributed by atoms with Crippen LogP contribution < -0.4 is 0 Å². The number of hydrogen-bond acceptors (Lipinski definition) is 7. The normalized spacial score (nSPS) is 10.4. The molecular weight excluding hydrogens is 365 g/mol. The van der Waals surface area contributed by atoms with Crippen molar-refractivity contribution in [3.8, 4) is 0 Å². The first-order valence-corrected chi connectivity index (χ1v) is 7.51. The second-order valence-electron chi connectivity index (χ2n) is 4.34. The standard InChI is InChI=1S/C14H13Cl2NO7/c1-3-23-13(19)11(14(20)24-4-2)12(18)7-5-8(15)9(16)6-10(7)17(21)22/h5-6,11H,3-4H2,1-2H3. The Kier molecular flexibility index (Phi) is 7.12. The molecular formula is C14H13Cl2NO7. The summed E-state index contributed by atoms with van der Waals surface area (Å²) in [7, 11) is 0. The first-order valence-electron chi connectivity index (χ1n) is 6.75. The van der Waals surface area contributed by atoms with E-state index >= 15 is 0 Å². The molecule has 1 aromatic rings. The molecule has 0 aromatic heterocycles. The lowest BCUT2D eigenvalue weighted by atomic mass is 9.96. The molecule has 0 aliphatic rings. The van der Waals surface area contributed by atoms with Gasteiger partial charge >= 0.3 is 11.9 Å². The minimum absolute atomic E-state index is 0.0918. The Hall–Kier alpha value is -2.19. The number of ether oxygens (including phenoxy) is 2. The van der Waals surface area contributed by atoms with E-state index in [1.807, 2.05) is 0 Å². The summed E-state index contributed by atoms with van der Waals surface area (Å²) in [6, 6.07) is 1.79. The minimum atomic E-state index is -1.99. The highest BCUT2D eigenvalue weighted by Gasteiger charge is 2.40. The number of nitro benzene ring substituents is 1. The molecule has 1 rings (SSSR count). The summed E-state index contributed by atoms with van der Waals surface area (Å²) in [5.74, 6) is -5.47. The lowest BCUT2D eigenvalue weighted by Gasteiger charge is -2.14. The zero-order valence-electron chi connectivity index (χ0n) is 12.7. The van der Waals surface area contributed by atoms with Crippen molar-refractivity contribution in [2.45, 2.75) is 13.8 Å². The number of carbonyl (C=O) groups is 3. The molecule has 0 radical (unpaired) electrons. The Morgan fingerprint density at radius 1 is 1.08 bits per heavy atom. The Bertz CT molecular complexity index is 672. The van der Waals surface area contributed by atoms with Crippen LogP contribution in [0, 0.1) is 16.0 Å². The van der Waals surface area contributed by atoms with E-state index < -0.39 is 39.8 Å². The maximum Gasteiger partial charge on any atom is 0.328 e. The lowest BCUT2D eigenvalue weighted by molar-refractivity contribution is -0.385. The molecule has 0 amide bonds. The molecule has 0 saturated carbocycles. The van der Waals surface area contributed by atoms with Gasteiger partial charge < -0.3 is 9.47 Å². The van der Waals surface area contributed by atoms with Gasteiger partial charge in [-0.25, -0.2) is 0 Å². The van der Waals surface area contributed by atoms with Crippen LogP contribution in [0.15, 0.2) is 12.1 Å². The van der Waals surface area contributed by atoms with E-state index in [0.717, 1.165) is 12.1 Å². The number of carbonyl (C=O) groups excluding carboxylic acids is 3. The number of nitro groups is 1. The van der Waals surface area contributed by atoms with Gasteiger partial charge in [0.2, 0.25) is 5.92 Å². The predicted octanol–water partition coefficient (Wildman–Crippen LogP) is 2.83. The molecule has 0 N–H and O–H groups in total. The highest BCUT2D eigenvalue weighted by atomic mass is 35.5. The third-order valence-corrected chi connectivity index (χ3v) is 3.53. The van der Waals surface area contributed by atoms with Crippen LogP contribution in [-0.4, -0.2) is 35.9 Å². The van der Waals surface area contributed by atoms with Gasteiger partial charge in [-0.05, 0) is 19.9 Å². The average Bonchev–Trinajstić information content (AvgIpc) is 2.49. The smallest absolute Gasteiger partial charge is 0.328 e. The van der Waals surface area contributed by atoms with Crippen LogP contribution in [0.3, 0.4) is 0 Å². The maximum absolute atomic E-state index is 12.6. The quantitative estimate of drug-likeness (QED) is 0.236. The van der Waals surface area contributed by atoms with Crippen LogP contribution in [0.2, 0.25) is 10.0 Å². The molecule has 0 bridgehead atoms. The number of nitrogens with zero attached hydrogens (tertiary/aromatic N) is 1. The highest BCUT2D eigenvalue weighted by molar-refractivity contribution is 6.42. The zero-order valence-corrected chi connectivity index (χ0v) is 14.2. The predicted molar refractivity (Wildman–Crippen MR) is 84.2 cm³/mol. The summed E-state index contributed by atoms with van der Waals surface area (Å²) >= 11 is 11.5. The summed E-state index contributed by atoms with van der Waals surface area (Å²) < 4.78 is 9.36. The topological polar surface area (TPSA) is 113 Å². The Labute approximate surface area is 146 Å². The number of esters is 2. The van der Waals surface area contributed by atoms with Crippen molar-refractivity contribution in [1.29, 1.82) is 0 Å². The molecule has 0 heterocycles. The number of hydrogen-bond donors (Lipinski definition) is 0. The van der Waals surface area contributed by atoms with Crippen molar-refractivity contribution in [1.82, 2.24) is 0 Å².